The molecule has 0 amide bonds. The van der Waals surface area contributed by atoms with Crippen molar-refractivity contribution in [2.75, 3.05) is 30.8 Å². The van der Waals surface area contributed by atoms with E-state index in [0.29, 0.717) is 18.0 Å². The molecule has 0 heterocycles. The van der Waals surface area contributed by atoms with Crippen molar-refractivity contribution in [1.82, 2.24) is 0 Å². The standard InChI is InChI=1S/C15H26N2O2/c1-4-15(5-2,11-18)10-17-12-7-8-13(16)14(9-12)19-6-3/h7-9,17-18H,4-6,10-11,16H2,1-3H3. The average Bonchev–Trinajstić information content (AvgIpc) is 2.44. The van der Waals surface area contributed by atoms with Gasteiger partial charge in [0, 0.05) is 23.7 Å². The topological polar surface area (TPSA) is 67.5 Å². The molecule has 0 spiro atoms. The highest BCUT2D eigenvalue weighted by Gasteiger charge is 2.24. The van der Waals surface area contributed by atoms with E-state index in [-0.39, 0.29) is 12.0 Å². The Kier molecular flexibility index (Phi) is 5.96. The molecule has 0 bridgehead atoms. The van der Waals surface area contributed by atoms with Crippen LogP contribution in [0, 0.1) is 5.41 Å². The Balaban J connectivity index is 2.74. The minimum atomic E-state index is -0.0623. The van der Waals surface area contributed by atoms with Crippen molar-refractivity contribution in [1.29, 1.82) is 0 Å². The maximum atomic E-state index is 9.55. The van der Waals surface area contributed by atoms with Gasteiger partial charge in [-0.1, -0.05) is 13.8 Å². The van der Waals surface area contributed by atoms with Crippen LogP contribution >= 0.6 is 0 Å². The third-order valence-corrected chi connectivity index (χ3v) is 3.82. The maximum absolute atomic E-state index is 9.55. The third kappa shape index (κ3) is 4.03. The van der Waals surface area contributed by atoms with Crippen molar-refractivity contribution in [3.05, 3.63) is 18.2 Å². The van der Waals surface area contributed by atoms with Crippen molar-refractivity contribution in [3.8, 4) is 5.75 Å². The Labute approximate surface area is 116 Å². The molecule has 1 aromatic rings. The van der Waals surface area contributed by atoms with Crippen molar-refractivity contribution < 1.29 is 9.84 Å². The summed E-state index contributed by atoms with van der Waals surface area (Å²) in [6.45, 7) is 7.68. The summed E-state index contributed by atoms with van der Waals surface area (Å²) >= 11 is 0. The first kappa shape index (κ1) is 15.6. The second-order valence-electron chi connectivity index (χ2n) is 4.90. The average molecular weight is 266 g/mol. The first-order valence-corrected chi connectivity index (χ1v) is 6.97. The van der Waals surface area contributed by atoms with Gasteiger partial charge >= 0.3 is 0 Å². The Morgan fingerprint density at radius 2 is 1.95 bits per heavy atom. The van der Waals surface area contributed by atoms with Crippen LogP contribution in [-0.4, -0.2) is 24.9 Å². The summed E-state index contributed by atoms with van der Waals surface area (Å²) in [6.07, 6.45) is 1.89. The van der Waals surface area contributed by atoms with Gasteiger partial charge < -0.3 is 20.9 Å². The molecular weight excluding hydrogens is 240 g/mol. The number of nitrogens with one attached hydrogen (secondary N) is 1. The molecule has 0 aliphatic heterocycles. The van der Waals surface area contributed by atoms with Gasteiger partial charge in [-0.3, -0.25) is 0 Å². The zero-order valence-electron chi connectivity index (χ0n) is 12.2. The van der Waals surface area contributed by atoms with E-state index in [1.54, 1.807) is 0 Å². The third-order valence-electron chi connectivity index (χ3n) is 3.82. The van der Waals surface area contributed by atoms with Crippen LogP contribution in [0.1, 0.15) is 33.6 Å². The molecule has 108 valence electrons. The summed E-state index contributed by atoms with van der Waals surface area (Å²) in [4.78, 5) is 0. The fraction of sp³-hybridized carbons (Fsp3) is 0.600. The lowest BCUT2D eigenvalue weighted by Gasteiger charge is -2.30. The van der Waals surface area contributed by atoms with Gasteiger partial charge in [-0.15, -0.1) is 0 Å². The van der Waals surface area contributed by atoms with Crippen LogP contribution in [0.3, 0.4) is 0 Å². The van der Waals surface area contributed by atoms with Gasteiger partial charge in [0.05, 0.1) is 18.9 Å². The summed E-state index contributed by atoms with van der Waals surface area (Å²) in [6, 6.07) is 5.68. The molecular formula is C15H26N2O2. The van der Waals surface area contributed by atoms with E-state index in [1.807, 2.05) is 25.1 Å². The van der Waals surface area contributed by atoms with Crippen molar-refractivity contribution in [2.45, 2.75) is 33.6 Å². The second kappa shape index (κ2) is 7.24. The molecule has 0 radical (unpaired) electrons. The predicted octanol–water partition coefficient (Wildman–Crippen LogP) is 2.88. The van der Waals surface area contributed by atoms with E-state index >= 15 is 0 Å². The van der Waals surface area contributed by atoms with Gasteiger partial charge in [-0.05, 0) is 31.9 Å². The number of hydrogen-bond donors (Lipinski definition) is 3. The molecule has 0 aliphatic rings. The highest BCUT2D eigenvalue weighted by atomic mass is 16.5. The fourth-order valence-electron chi connectivity index (χ4n) is 1.99. The minimum Gasteiger partial charge on any atom is -0.492 e. The largest absolute Gasteiger partial charge is 0.492 e. The maximum Gasteiger partial charge on any atom is 0.144 e. The number of nitrogens with two attached hydrogens (primary N) is 1. The SMILES string of the molecule is CCOc1cc(NCC(CC)(CC)CO)ccc1N. The molecule has 0 fully saturated rings. The molecule has 0 aliphatic carbocycles. The Hall–Kier alpha value is -1.42. The summed E-state index contributed by atoms with van der Waals surface area (Å²) in [5.41, 5.74) is 7.40. The van der Waals surface area contributed by atoms with Crippen LogP contribution < -0.4 is 15.8 Å². The van der Waals surface area contributed by atoms with Crippen LogP contribution in [0.2, 0.25) is 0 Å². The predicted molar refractivity (Wildman–Crippen MR) is 80.6 cm³/mol. The van der Waals surface area contributed by atoms with Gasteiger partial charge in [0.25, 0.3) is 0 Å². The first-order chi connectivity index (χ1) is 9.10. The summed E-state index contributed by atoms with van der Waals surface area (Å²) < 4.78 is 5.47. The van der Waals surface area contributed by atoms with E-state index < -0.39 is 0 Å². The number of ether oxygens (including phenoxy) is 1. The first-order valence-electron chi connectivity index (χ1n) is 6.97. The van der Waals surface area contributed by atoms with Crippen LogP contribution in [-0.2, 0) is 0 Å². The van der Waals surface area contributed by atoms with E-state index in [0.717, 1.165) is 25.1 Å². The monoisotopic (exact) mass is 266 g/mol. The molecule has 1 rings (SSSR count). The second-order valence-corrected chi connectivity index (χ2v) is 4.90. The number of aliphatic hydroxyl groups is 1. The molecule has 0 unspecified atom stereocenters. The zero-order valence-corrected chi connectivity index (χ0v) is 12.2. The van der Waals surface area contributed by atoms with Gasteiger partial charge in [0.15, 0.2) is 0 Å². The van der Waals surface area contributed by atoms with E-state index in [4.69, 9.17) is 10.5 Å². The molecule has 4 heteroatoms. The van der Waals surface area contributed by atoms with Gasteiger partial charge in [-0.25, -0.2) is 0 Å². The molecule has 0 saturated carbocycles. The van der Waals surface area contributed by atoms with Gasteiger partial charge in [0.2, 0.25) is 0 Å². The summed E-state index contributed by atoms with van der Waals surface area (Å²) in [5, 5.41) is 12.9. The van der Waals surface area contributed by atoms with Crippen LogP contribution in [0.4, 0.5) is 11.4 Å². The Morgan fingerprint density at radius 1 is 1.26 bits per heavy atom. The van der Waals surface area contributed by atoms with Gasteiger partial charge in [-0.2, -0.15) is 0 Å². The normalized spacial score (nSPS) is 11.4. The molecule has 0 saturated heterocycles. The van der Waals surface area contributed by atoms with Crippen molar-refractivity contribution >= 4 is 11.4 Å². The van der Waals surface area contributed by atoms with Crippen molar-refractivity contribution in [2.24, 2.45) is 5.41 Å². The minimum absolute atomic E-state index is 0.0623. The number of anilines is 2. The molecule has 4 N–H and O–H groups in total. The molecule has 0 aromatic heterocycles. The fourth-order valence-corrected chi connectivity index (χ4v) is 1.99. The van der Waals surface area contributed by atoms with Crippen LogP contribution in [0.25, 0.3) is 0 Å². The Morgan fingerprint density at radius 3 is 2.47 bits per heavy atom. The van der Waals surface area contributed by atoms with Crippen molar-refractivity contribution in [3.63, 3.8) is 0 Å². The summed E-state index contributed by atoms with van der Waals surface area (Å²) in [5.74, 6) is 0.704. The lowest BCUT2D eigenvalue weighted by molar-refractivity contribution is 0.127. The Bertz CT molecular complexity index is 381. The zero-order chi connectivity index (χ0) is 14.3. The smallest absolute Gasteiger partial charge is 0.144 e. The molecule has 0 atom stereocenters. The summed E-state index contributed by atoms with van der Waals surface area (Å²) in [7, 11) is 0. The number of hydrogen-bond acceptors (Lipinski definition) is 4. The quantitative estimate of drug-likeness (QED) is 0.633. The number of aliphatic hydroxyl groups excluding tert-OH is 1. The lowest BCUT2D eigenvalue weighted by atomic mass is 9.83. The van der Waals surface area contributed by atoms with Gasteiger partial charge in [0.1, 0.15) is 5.75 Å². The highest BCUT2D eigenvalue weighted by molar-refractivity contribution is 5.61. The van der Waals surface area contributed by atoms with E-state index in [9.17, 15) is 5.11 Å². The molecule has 19 heavy (non-hydrogen) atoms. The van der Waals surface area contributed by atoms with Crippen LogP contribution in [0.15, 0.2) is 18.2 Å². The van der Waals surface area contributed by atoms with E-state index in [1.165, 1.54) is 0 Å². The number of nitrogen functional groups attached to an aromatic ring is 1. The molecule has 1 aromatic carbocycles. The number of benzene rings is 1. The highest BCUT2D eigenvalue weighted by Crippen LogP contribution is 2.29. The van der Waals surface area contributed by atoms with Crippen LogP contribution in [0.5, 0.6) is 5.75 Å². The number of rotatable bonds is 8. The molecule has 4 nitrogen and oxygen atoms in total. The lowest BCUT2D eigenvalue weighted by Crippen LogP contribution is -2.32. The van der Waals surface area contributed by atoms with E-state index in [2.05, 4.69) is 19.2 Å².